The third kappa shape index (κ3) is 5.91. The Hall–Kier alpha value is -3.17. The van der Waals surface area contributed by atoms with Crippen LogP contribution in [0.4, 0.5) is 5.13 Å². The van der Waals surface area contributed by atoms with Crippen molar-refractivity contribution in [1.82, 2.24) is 10.3 Å². The Bertz CT molecular complexity index is 1050. The molecule has 0 aliphatic carbocycles. The van der Waals surface area contributed by atoms with Gasteiger partial charge in [-0.25, -0.2) is 4.98 Å². The summed E-state index contributed by atoms with van der Waals surface area (Å²) in [4.78, 5) is 29.8. The van der Waals surface area contributed by atoms with Crippen LogP contribution in [0.2, 0.25) is 0 Å². The first-order chi connectivity index (χ1) is 14.5. The fourth-order valence-corrected chi connectivity index (χ4v) is 4.21. The van der Waals surface area contributed by atoms with Crippen LogP contribution in [0.5, 0.6) is 11.5 Å². The number of methoxy groups -OCH3 is 2. The second-order valence-corrected chi connectivity index (χ2v) is 8.21. The second kappa shape index (κ2) is 10.0. The number of rotatable bonds is 8. The van der Waals surface area contributed by atoms with Gasteiger partial charge in [0.25, 0.3) is 0 Å². The van der Waals surface area contributed by atoms with E-state index < -0.39 is 0 Å². The maximum absolute atomic E-state index is 12.3. The Kier molecular flexibility index (Phi) is 7.21. The molecule has 2 amide bonds. The van der Waals surface area contributed by atoms with Gasteiger partial charge in [-0.1, -0.05) is 0 Å². The predicted molar refractivity (Wildman–Crippen MR) is 120 cm³/mol. The van der Waals surface area contributed by atoms with E-state index in [1.165, 1.54) is 24.3 Å². The summed E-state index contributed by atoms with van der Waals surface area (Å²) in [6, 6.07) is 9.30. The van der Waals surface area contributed by atoms with Gasteiger partial charge >= 0.3 is 0 Å². The fraction of sp³-hybridized carbons (Fsp3) is 0.190. The highest BCUT2D eigenvalue weighted by Crippen LogP contribution is 2.31. The number of aromatic nitrogens is 1. The lowest BCUT2D eigenvalue weighted by atomic mass is 10.2. The van der Waals surface area contributed by atoms with E-state index in [-0.39, 0.29) is 11.8 Å². The molecule has 9 heteroatoms. The molecule has 0 unspecified atom stereocenters. The van der Waals surface area contributed by atoms with Crippen molar-refractivity contribution < 1.29 is 19.1 Å². The van der Waals surface area contributed by atoms with Crippen LogP contribution >= 0.6 is 22.7 Å². The Morgan fingerprint density at radius 1 is 1.13 bits per heavy atom. The summed E-state index contributed by atoms with van der Waals surface area (Å²) in [7, 11) is 3.15. The minimum absolute atomic E-state index is 0.0657. The summed E-state index contributed by atoms with van der Waals surface area (Å²) in [6.07, 6.45) is 3.12. The largest absolute Gasteiger partial charge is 0.497 e. The molecule has 0 radical (unpaired) electrons. The monoisotopic (exact) mass is 443 g/mol. The van der Waals surface area contributed by atoms with Gasteiger partial charge in [0.2, 0.25) is 11.8 Å². The van der Waals surface area contributed by atoms with Crippen molar-refractivity contribution >= 4 is 45.7 Å². The average molecular weight is 444 g/mol. The smallest absolute Gasteiger partial charge is 0.250 e. The standard InChI is InChI=1S/C21H21N3O4S2/c1-13(25)22-11-17-5-6-19(30-17)18-12-29-21(23-18)24-20(26)7-4-14-8-15(27-2)10-16(9-14)28-3/h4-10,12H,11H2,1-3H3,(H,22,25)(H,23,24,26). The zero-order valence-electron chi connectivity index (χ0n) is 16.7. The number of amides is 2. The van der Waals surface area contributed by atoms with Crippen LogP contribution in [-0.4, -0.2) is 31.0 Å². The normalized spacial score (nSPS) is 10.8. The summed E-state index contributed by atoms with van der Waals surface area (Å²) in [6.45, 7) is 1.98. The van der Waals surface area contributed by atoms with Crippen molar-refractivity contribution in [3.05, 3.63) is 52.2 Å². The van der Waals surface area contributed by atoms with Gasteiger partial charge in [-0.05, 0) is 35.9 Å². The molecule has 1 aromatic carbocycles. The molecular weight excluding hydrogens is 422 g/mol. The van der Waals surface area contributed by atoms with Crippen molar-refractivity contribution in [3.63, 3.8) is 0 Å². The molecule has 0 spiro atoms. The molecule has 3 aromatic rings. The molecule has 7 nitrogen and oxygen atoms in total. The van der Waals surface area contributed by atoms with Crippen molar-refractivity contribution in [2.24, 2.45) is 0 Å². The van der Waals surface area contributed by atoms with E-state index in [1.54, 1.807) is 37.7 Å². The number of carbonyl (C=O) groups is 2. The molecule has 0 aliphatic heterocycles. The van der Waals surface area contributed by atoms with E-state index in [0.29, 0.717) is 23.2 Å². The first kappa shape index (κ1) is 21.5. The first-order valence-electron chi connectivity index (χ1n) is 8.98. The summed E-state index contributed by atoms with van der Waals surface area (Å²) < 4.78 is 10.5. The number of hydrogen-bond acceptors (Lipinski definition) is 7. The van der Waals surface area contributed by atoms with E-state index in [9.17, 15) is 9.59 Å². The molecule has 0 saturated heterocycles. The maximum atomic E-state index is 12.3. The van der Waals surface area contributed by atoms with Crippen LogP contribution in [0.25, 0.3) is 16.6 Å². The van der Waals surface area contributed by atoms with E-state index in [4.69, 9.17) is 9.47 Å². The second-order valence-electron chi connectivity index (χ2n) is 6.18. The summed E-state index contributed by atoms with van der Waals surface area (Å²) >= 11 is 2.91. The lowest BCUT2D eigenvalue weighted by Gasteiger charge is -2.05. The predicted octanol–water partition coefficient (Wildman–Crippen LogP) is 4.18. The third-order valence-corrected chi connectivity index (χ3v) is 5.83. The quantitative estimate of drug-likeness (QED) is 0.510. The summed E-state index contributed by atoms with van der Waals surface area (Å²) in [5.74, 6) is 0.944. The number of carbonyl (C=O) groups excluding carboxylic acids is 2. The number of anilines is 1. The highest BCUT2D eigenvalue weighted by atomic mass is 32.1. The van der Waals surface area contributed by atoms with Crippen molar-refractivity contribution in [1.29, 1.82) is 0 Å². The van der Waals surface area contributed by atoms with E-state index >= 15 is 0 Å². The molecule has 2 N–H and O–H groups in total. The van der Waals surface area contributed by atoms with E-state index in [1.807, 2.05) is 29.6 Å². The molecule has 2 aromatic heterocycles. The molecule has 0 bridgehead atoms. The summed E-state index contributed by atoms with van der Waals surface area (Å²) in [5.41, 5.74) is 1.57. The lowest BCUT2D eigenvalue weighted by Crippen LogP contribution is -2.17. The number of nitrogens with one attached hydrogen (secondary N) is 2. The molecule has 156 valence electrons. The molecular formula is C21H21N3O4S2. The van der Waals surface area contributed by atoms with Crippen LogP contribution in [0.1, 0.15) is 17.4 Å². The van der Waals surface area contributed by atoms with Crippen LogP contribution in [0.3, 0.4) is 0 Å². The molecule has 0 aliphatic rings. The number of hydrogen-bond donors (Lipinski definition) is 2. The molecule has 0 fully saturated rings. The van der Waals surface area contributed by atoms with Crippen LogP contribution < -0.4 is 20.1 Å². The van der Waals surface area contributed by atoms with Gasteiger partial charge in [0.05, 0.1) is 31.3 Å². The van der Waals surface area contributed by atoms with Gasteiger partial charge in [0, 0.05) is 29.3 Å². The third-order valence-electron chi connectivity index (χ3n) is 3.96. The molecule has 30 heavy (non-hydrogen) atoms. The van der Waals surface area contributed by atoms with Crippen molar-refractivity contribution in [2.75, 3.05) is 19.5 Å². The Morgan fingerprint density at radius 3 is 2.53 bits per heavy atom. The van der Waals surface area contributed by atoms with Gasteiger partial charge in [-0.2, -0.15) is 0 Å². The van der Waals surface area contributed by atoms with Gasteiger partial charge in [0.1, 0.15) is 11.5 Å². The Labute approximate surface area is 182 Å². The topological polar surface area (TPSA) is 89.5 Å². The number of nitrogens with zero attached hydrogens (tertiary/aromatic N) is 1. The number of thiophene rings is 1. The van der Waals surface area contributed by atoms with E-state index in [0.717, 1.165) is 21.0 Å². The zero-order valence-corrected chi connectivity index (χ0v) is 18.4. The van der Waals surface area contributed by atoms with Gasteiger partial charge in [-0.3, -0.25) is 14.9 Å². The van der Waals surface area contributed by atoms with Crippen LogP contribution in [0, 0.1) is 0 Å². The number of benzene rings is 1. The molecule has 0 atom stereocenters. The minimum atomic E-state index is -0.282. The van der Waals surface area contributed by atoms with Crippen molar-refractivity contribution in [3.8, 4) is 22.1 Å². The number of thiazole rings is 1. The first-order valence-corrected chi connectivity index (χ1v) is 10.7. The highest BCUT2D eigenvalue weighted by molar-refractivity contribution is 7.17. The Morgan fingerprint density at radius 2 is 1.87 bits per heavy atom. The fourth-order valence-electron chi connectivity index (χ4n) is 2.51. The van der Waals surface area contributed by atoms with Crippen LogP contribution in [0.15, 0.2) is 41.8 Å². The van der Waals surface area contributed by atoms with Crippen molar-refractivity contribution in [2.45, 2.75) is 13.5 Å². The number of ether oxygens (including phenoxy) is 2. The highest BCUT2D eigenvalue weighted by Gasteiger charge is 2.09. The van der Waals surface area contributed by atoms with Crippen LogP contribution in [-0.2, 0) is 16.1 Å². The zero-order chi connectivity index (χ0) is 21.5. The van der Waals surface area contributed by atoms with Gasteiger partial charge < -0.3 is 14.8 Å². The SMILES string of the molecule is COc1cc(C=CC(=O)Nc2nc(-c3ccc(CNC(C)=O)s3)cs2)cc(OC)c1. The molecule has 0 saturated carbocycles. The van der Waals surface area contributed by atoms with E-state index in [2.05, 4.69) is 15.6 Å². The van der Waals surface area contributed by atoms with Gasteiger partial charge in [0.15, 0.2) is 5.13 Å². The van der Waals surface area contributed by atoms with Gasteiger partial charge in [-0.15, -0.1) is 22.7 Å². The average Bonchev–Trinajstić information content (AvgIpc) is 3.39. The lowest BCUT2D eigenvalue weighted by molar-refractivity contribution is -0.119. The maximum Gasteiger partial charge on any atom is 0.250 e. The summed E-state index contributed by atoms with van der Waals surface area (Å²) in [5, 5.41) is 7.95. The molecule has 2 heterocycles. The molecule has 3 rings (SSSR count). The Balaban J connectivity index is 1.62. The minimum Gasteiger partial charge on any atom is -0.497 e.